The summed E-state index contributed by atoms with van der Waals surface area (Å²) in [5, 5.41) is 13.4. The molecule has 0 aliphatic rings. The van der Waals surface area contributed by atoms with Gasteiger partial charge in [-0.25, -0.2) is 0 Å². The number of halogens is 6. The summed E-state index contributed by atoms with van der Waals surface area (Å²) in [4.78, 5) is 0. The number of ether oxygens (including phenoxy) is 1. The predicted molar refractivity (Wildman–Crippen MR) is 118 cm³/mol. The van der Waals surface area contributed by atoms with Crippen molar-refractivity contribution in [3.8, 4) is 11.5 Å². The van der Waals surface area contributed by atoms with Gasteiger partial charge in [-0.3, -0.25) is 0 Å². The number of nitrogens with one attached hydrogen (secondary N) is 1. The van der Waals surface area contributed by atoms with Crippen molar-refractivity contribution in [3.63, 3.8) is 0 Å². The largest absolute Gasteiger partial charge is 0.451 e. The second kappa shape index (κ2) is 12.5. The predicted octanol–water partition coefficient (Wildman–Crippen LogP) is 7.77. The highest BCUT2D eigenvalue weighted by Gasteiger charge is 2.15. The third-order valence-electron chi connectivity index (χ3n) is 3.15. The van der Waals surface area contributed by atoms with Crippen molar-refractivity contribution in [2.24, 2.45) is 0 Å². The van der Waals surface area contributed by atoms with Gasteiger partial charge >= 0.3 is 0 Å². The first kappa shape index (κ1) is 24.9. The summed E-state index contributed by atoms with van der Waals surface area (Å²) in [5.74, 6) is 0.442. The van der Waals surface area contributed by atoms with Crippen LogP contribution in [0.25, 0.3) is 0 Å². The zero-order chi connectivity index (χ0) is 20.6. The molecule has 9 heteroatoms. The number of benzene rings is 2. The molecule has 1 atom stereocenters. The molecule has 0 aliphatic heterocycles. The van der Waals surface area contributed by atoms with Crippen LogP contribution in [0.5, 0.6) is 11.5 Å². The maximum absolute atomic E-state index is 8.50. The molecule has 0 spiro atoms. The lowest BCUT2D eigenvalue weighted by molar-refractivity contribution is 0.252. The standard InChI is InChI=1S/C12H4Cl6O.C6H15NO/c13-5-1-7(15)11(8(16)2-5)19-12-9(17)3-6(14)4-10(12)18;1-3-4-7-6(2)5-8/h1-4H;6-8H,3-5H2,1-2H3. The minimum atomic E-state index is 0.221. The Hall–Kier alpha value is -0.100. The molecule has 27 heavy (non-hydrogen) atoms. The number of hydrogen-bond acceptors (Lipinski definition) is 3. The van der Waals surface area contributed by atoms with Gasteiger partial charge < -0.3 is 15.2 Å². The molecule has 1 unspecified atom stereocenters. The summed E-state index contributed by atoms with van der Waals surface area (Å²) in [7, 11) is 0. The molecule has 0 saturated heterocycles. The molecule has 0 fully saturated rings. The topological polar surface area (TPSA) is 41.5 Å². The van der Waals surface area contributed by atoms with Gasteiger partial charge in [0.25, 0.3) is 0 Å². The van der Waals surface area contributed by atoms with E-state index in [1.807, 2.05) is 6.92 Å². The lowest BCUT2D eigenvalue weighted by atomic mass is 10.3. The van der Waals surface area contributed by atoms with Gasteiger partial charge in [0.1, 0.15) is 0 Å². The Kier molecular flexibility index (Phi) is 11.5. The molecule has 150 valence electrons. The highest BCUT2D eigenvalue weighted by molar-refractivity contribution is 6.41. The normalized spacial score (nSPS) is 11.6. The van der Waals surface area contributed by atoms with Gasteiger partial charge in [0.15, 0.2) is 11.5 Å². The Bertz CT molecular complexity index is 655. The van der Waals surface area contributed by atoms with E-state index in [2.05, 4.69) is 12.2 Å². The number of aliphatic hydroxyl groups is 1. The highest BCUT2D eigenvalue weighted by Crippen LogP contribution is 2.44. The van der Waals surface area contributed by atoms with Crippen molar-refractivity contribution >= 4 is 69.6 Å². The average molecular weight is 494 g/mol. The number of aliphatic hydroxyl groups excluding tert-OH is 1. The van der Waals surface area contributed by atoms with Gasteiger partial charge in [-0.05, 0) is 44.2 Å². The van der Waals surface area contributed by atoms with Crippen LogP contribution in [-0.2, 0) is 0 Å². The van der Waals surface area contributed by atoms with Crippen molar-refractivity contribution in [1.29, 1.82) is 0 Å². The van der Waals surface area contributed by atoms with E-state index in [0.717, 1.165) is 13.0 Å². The van der Waals surface area contributed by atoms with E-state index >= 15 is 0 Å². The number of hydrogen-bond donors (Lipinski definition) is 2. The molecule has 2 aromatic carbocycles. The molecule has 0 amide bonds. The van der Waals surface area contributed by atoms with Gasteiger partial charge in [-0.2, -0.15) is 0 Å². The maximum Gasteiger partial charge on any atom is 0.164 e. The SMILES string of the molecule is CCCNC(C)CO.Clc1cc(Cl)c(Oc2c(Cl)cc(Cl)cc2Cl)c(Cl)c1. The van der Waals surface area contributed by atoms with Crippen LogP contribution in [0, 0.1) is 0 Å². The smallest absolute Gasteiger partial charge is 0.164 e. The first-order valence-electron chi connectivity index (χ1n) is 8.00. The van der Waals surface area contributed by atoms with Crippen LogP contribution < -0.4 is 10.1 Å². The summed E-state index contributed by atoms with van der Waals surface area (Å²) in [5.41, 5.74) is 0. The molecule has 3 nitrogen and oxygen atoms in total. The third kappa shape index (κ3) is 8.43. The number of rotatable bonds is 6. The van der Waals surface area contributed by atoms with E-state index in [9.17, 15) is 0 Å². The average Bonchev–Trinajstić information content (AvgIpc) is 2.58. The van der Waals surface area contributed by atoms with E-state index in [0.29, 0.717) is 10.0 Å². The summed E-state index contributed by atoms with van der Waals surface area (Å²) in [6, 6.07) is 6.27. The van der Waals surface area contributed by atoms with Gasteiger partial charge in [0.05, 0.1) is 26.7 Å². The lowest BCUT2D eigenvalue weighted by Crippen LogP contribution is -2.29. The molecule has 0 radical (unpaired) electrons. The summed E-state index contributed by atoms with van der Waals surface area (Å²) >= 11 is 35.7. The van der Waals surface area contributed by atoms with E-state index in [1.54, 1.807) is 0 Å². The van der Waals surface area contributed by atoms with Crippen molar-refractivity contribution in [2.75, 3.05) is 13.2 Å². The van der Waals surface area contributed by atoms with Gasteiger partial charge in [-0.15, -0.1) is 0 Å². The molecule has 0 aromatic heterocycles. The van der Waals surface area contributed by atoms with Crippen LogP contribution in [-0.4, -0.2) is 24.3 Å². The zero-order valence-electron chi connectivity index (χ0n) is 14.6. The first-order chi connectivity index (χ1) is 12.7. The van der Waals surface area contributed by atoms with Crippen molar-refractivity contribution in [1.82, 2.24) is 5.32 Å². The lowest BCUT2D eigenvalue weighted by Gasteiger charge is -2.12. The summed E-state index contributed by atoms with van der Waals surface area (Å²) < 4.78 is 5.57. The van der Waals surface area contributed by atoms with E-state index in [1.165, 1.54) is 24.3 Å². The van der Waals surface area contributed by atoms with Gasteiger partial charge in [0.2, 0.25) is 0 Å². The molecule has 2 aromatic rings. The third-order valence-corrected chi connectivity index (χ3v) is 4.71. The highest BCUT2D eigenvalue weighted by atomic mass is 35.5. The monoisotopic (exact) mass is 491 g/mol. The molecule has 0 aliphatic carbocycles. The molecular weight excluding hydrogens is 475 g/mol. The Morgan fingerprint density at radius 2 is 1.22 bits per heavy atom. The maximum atomic E-state index is 8.50. The van der Waals surface area contributed by atoms with Crippen LogP contribution >= 0.6 is 69.6 Å². The molecule has 0 saturated carbocycles. The Morgan fingerprint density at radius 1 is 0.852 bits per heavy atom. The minimum Gasteiger partial charge on any atom is -0.451 e. The van der Waals surface area contributed by atoms with Crippen LogP contribution in [0.1, 0.15) is 20.3 Å². The Morgan fingerprint density at radius 3 is 1.52 bits per heavy atom. The second-order valence-electron chi connectivity index (χ2n) is 5.54. The second-order valence-corrected chi connectivity index (χ2v) is 8.04. The molecule has 0 bridgehead atoms. The molecule has 0 heterocycles. The van der Waals surface area contributed by atoms with Gasteiger partial charge in [0, 0.05) is 16.1 Å². The van der Waals surface area contributed by atoms with E-state index in [4.69, 9.17) is 79.4 Å². The fourth-order valence-electron chi connectivity index (χ4n) is 1.81. The fourth-order valence-corrected chi connectivity index (χ4v) is 3.60. The van der Waals surface area contributed by atoms with E-state index < -0.39 is 0 Å². The molecule has 2 N–H and O–H groups in total. The first-order valence-corrected chi connectivity index (χ1v) is 10.3. The van der Waals surface area contributed by atoms with E-state index in [-0.39, 0.29) is 44.2 Å². The van der Waals surface area contributed by atoms with Gasteiger partial charge in [-0.1, -0.05) is 76.5 Å². The van der Waals surface area contributed by atoms with Crippen LogP contribution in [0.15, 0.2) is 24.3 Å². The summed E-state index contributed by atoms with van der Waals surface area (Å²) in [6.07, 6.45) is 1.13. The van der Waals surface area contributed by atoms with Crippen molar-refractivity contribution < 1.29 is 9.84 Å². The molecular formula is C18H19Cl6NO2. The van der Waals surface area contributed by atoms with Crippen LogP contribution in [0.2, 0.25) is 30.1 Å². The minimum absolute atomic E-state index is 0.221. The van der Waals surface area contributed by atoms with Crippen LogP contribution in [0.4, 0.5) is 0 Å². The quantitative estimate of drug-likeness (QED) is 0.432. The van der Waals surface area contributed by atoms with Crippen molar-refractivity contribution in [2.45, 2.75) is 26.3 Å². The molecule has 2 rings (SSSR count). The zero-order valence-corrected chi connectivity index (χ0v) is 19.2. The van der Waals surface area contributed by atoms with Crippen LogP contribution in [0.3, 0.4) is 0 Å². The Balaban J connectivity index is 0.000000387. The van der Waals surface area contributed by atoms with Crippen molar-refractivity contribution in [3.05, 3.63) is 54.4 Å². The fraction of sp³-hybridized carbons (Fsp3) is 0.333. The summed E-state index contributed by atoms with van der Waals surface area (Å²) in [6.45, 7) is 5.31. The Labute approximate surface area is 189 Å².